The largest absolute Gasteiger partial charge is 0.265 e. The summed E-state index contributed by atoms with van der Waals surface area (Å²) in [6, 6.07) is 12.2. The molecule has 0 amide bonds. The summed E-state index contributed by atoms with van der Waals surface area (Å²) in [6.07, 6.45) is 0. The molecule has 1 atom stereocenters. The zero-order chi connectivity index (χ0) is 12.0. The number of nitriles is 2. The molecular weight excluding hydrogens is 206 g/mol. The Bertz CT molecular complexity index is 431. The van der Waals surface area contributed by atoms with Gasteiger partial charge in [-0.3, -0.25) is 10.1 Å². The van der Waals surface area contributed by atoms with Crippen molar-refractivity contribution in [3.8, 4) is 12.1 Å². The third-order valence-electron chi connectivity index (χ3n) is 2.25. The Morgan fingerprint density at radius 3 is 2.25 bits per heavy atom. The van der Waals surface area contributed by atoms with Gasteiger partial charge >= 0.3 is 0 Å². The minimum atomic E-state index is -0.993. The van der Waals surface area contributed by atoms with E-state index in [4.69, 9.17) is 10.5 Å². The van der Waals surface area contributed by atoms with Crippen molar-refractivity contribution in [2.75, 3.05) is 6.54 Å². The van der Waals surface area contributed by atoms with Gasteiger partial charge in [0, 0.05) is 4.92 Å². The molecule has 1 aromatic rings. The minimum absolute atomic E-state index is 0.407. The van der Waals surface area contributed by atoms with Gasteiger partial charge in [0.25, 0.3) is 0 Å². The van der Waals surface area contributed by atoms with Crippen LogP contribution in [-0.4, -0.2) is 11.5 Å². The molecule has 5 heteroatoms. The Hall–Kier alpha value is -2.40. The van der Waals surface area contributed by atoms with Gasteiger partial charge in [-0.05, 0) is 5.56 Å². The van der Waals surface area contributed by atoms with Gasteiger partial charge in [0.2, 0.25) is 6.54 Å². The SMILES string of the molecule is N#CC(C#N)C(C[N+](=O)[O-])c1ccccc1. The van der Waals surface area contributed by atoms with Crippen molar-refractivity contribution in [3.63, 3.8) is 0 Å². The summed E-state index contributed by atoms with van der Waals surface area (Å²) in [5.74, 6) is -1.67. The maximum Gasteiger partial charge on any atom is 0.212 e. The van der Waals surface area contributed by atoms with Gasteiger partial charge in [-0.25, -0.2) is 0 Å². The number of benzene rings is 1. The molecule has 0 radical (unpaired) electrons. The number of hydrogen-bond acceptors (Lipinski definition) is 4. The van der Waals surface area contributed by atoms with E-state index in [1.54, 1.807) is 42.5 Å². The molecule has 1 unspecified atom stereocenters. The number of nitrogens with zero attached hydrogens (tertiary/aromatic N) is 3. The van der Waals surface area contributed by atoms with Crippen LogP contribution in [0, 0.1) is 38.7 Å². The highest BCUT2D eigenvalue weighted by Gasteiger charge is 2.27. The molecule has 0 spiro atoms. The second-order valence-electron chi connectivity index (χ2n) is 3.27. The number of rotatable bonds is 4. The highest BCUT2D eigenvalue weighted by atomic mass is 16.6. The fourth-order valence-electron chi connectivity index (χ4n) is 1.47. The van der Waals surface area contributed by atoms with Crippen LogP contribution in [0.3, 0.4) is 0 Å². The fraction of sp³-hybridized carbons (Fsp3) is 0.273. The van der Waals surface area contributed by atoms with Crippen LogP contribution in [0.4, 0.5) is 0 Å². The molecule has 0 saturated heterocycles. The lowest BCUT2D eigenvalue weighted by Gasteiger charge is -2.12. The molecule has 0 aromatic heterocycles. The van der Waals surface area contributed by atoms with Crippen LogP contribution in [0.25, 0.3) is 0 Å². The van der Waals surface area contributed by atoms with Crippen molar-refractivity contribution < 1.29 is 4.92 Å². The number of nitro groups is 1. The summed E-state index contributed by atoms with van der Waals surface area (Å²) in [7, 11) is 0. The fourth-order valence-corrected chi connectivity index (χ4v) is 1.47. The molecule has 0 fully saturated rings. The average molecular weight is 215 g/mol. The van der Waals surface area contributed by atoms with Crippen molar-refractivity contribution in [3.05, 3.63) is 46.0 Å². The van der Waals surface area contributed by atoms with Crippen molar-refractivity contribution in [2.45, 2.75) is 5.92 Å². The topological polar surface area (TPSA) is 90.7 Å². The third-order valence-corrected chi connectivity index (χ3v) is 2.25. The van der Waals surface area contributed by atoms with Crippen LogP contribution in [0.15, 0.2) is 30.3 Å². The molecule has 0 saturated carbocycles. The van der Waals surface area contributed by atoms with E-state index in [1.807, 2.05) is 0 Å². The highest BCUT2D eigenvalue weighted by molar-refractivity contribution is 5.25. The van der Waals surface area contributed by atoms with Gasteiger partial charge < -0.3 is 0 Å². The average Bonchev–Trinajstić information content (AvgIpc) is 2.30. The Balaban J connectivity index is 3.02. The second kappa shape index (κ2) is 5.47. The van der Waals surface area contributed by atoms with Gasteiger partial charge in [-0.1, -0.05) is 30.3 Å². The smallest absolute Gasteiger partial charge is 0.212 e. The van der Waals surface area contributed by atoms with Crippen molar-refractivity contribution >= 4 is 0 Å². The van der Waals surface area contributed by atoms with E-state index >= 15 is 0 Å². The van der Waals surface area contributed by atoms with E-state index in [0.717, 1.165) is 0 Å². The van der Waals surface area contributed by atoms with E-state index in [0.29, 0.717) is 5.56 Å². The maximum absolute atomic E-state index is 10.5. The third kappa shape index (κ3) is 2.79. The first-order valence-electron chi connectivity index (χ1n) is 4.65. The van der Waals surface area contributed by atoms with Crippen LogP contribution < -0.4 is 0 Å². The van der Waals surface area contributed by atoms with E-state index in [2.05, 4.69) is 0 Å². The Morgan fingerprint density at radius 2 is 1.81 bits per heavy atom. The summed E-state index contributed by atoms with van der Waals surface area (Å²) >= 11 is 0. The van der Waals surface area contributed by atoms with Gasteiger partial charge in [-0.15, -0.1) is 0 Å². The van der Waals surface area contributed by atoms with Gasteiger partial charge in [0.05, 0.1) is 18.1 Å². The molecule has 1 rings (SSSR count). The normalized spacial score (nSPS) is 11.4. The van der Waals surface area contributed by atoms with Gasteiger partial charge in [0.15, 0.2) is 0 Å². The van der Waals surface area contributed by atoms with Crippen molar-refractivity contribution in [1.29, 1.82) is 10.5 Å². The van der Waals surface area contributed by atoms with Gasteiger partial charge in [-0.2, -0.15) is 10.5 Å². The van der Waals surface area contributed by atoms with Crippen molar-refractivity contribution in [1.82, 2.24) is 0 Å². The summed E-state index contributed by atoms with van der Waals surface area (Å²) < 4.78 is 0. The summed E-state index contributed by atoms with van der Waals surface area (Å²) in [6.45, 7) is -0.407. The minimum Gasteiger partial charge on any atom is -0.265 e. The second-order valence-corrected chi connectivity index (χ2v) is 3.27. The lowest BCUT2D eigenvalue weighted by atomic mass is 9.88. The zero-order valence-electron chi connectivity index (χ0n) is 8.41. The molecule has 0 aliphatic rings. The molecule has 0 aliphatic heterocycles. The van der Waals surface area contributed by atoms with E-state index in [-0.39, 0.29) is 0 Å². The first-order chi connectivity index (χ1) is 7.69. The van der Waals surface area contributed by atoms with E-state index < -0.39 is 23.3 Å². The first-order valence-corrected chi connectivity index (χ1v) is 4.65. The van der Waals surface area contributed by atoms with Gasteiger partial charge in [0.1, 0.15) is 5.92 Å². The molecule has 0 aliphatic carbocycles. The van der Waals surface area contributed by atoms with Crippen LogP contribution in [-0.2, 0) is 0 Å². The molecule has 0 bridgehead atoms. The maximum atomic E-state index is 10.5. The molecule has 1 aromatic carbocycles. The van der Waals surface area contributed by atoms with Crippen LogP contribution in [0.2, 0.25) is 0 Å². The Morgan fingerprint density at radius 1 is 1.25 bits per heavy atom. The van der Waals surface area contributed by atoms with Crippen LogP contribution in [0.5, 0.6) is 0 Å². The molecule has 16 heavy (non-hydrogen) atoms. The predicted octanol–water partition coefficient (Wildman–Crippen LogP) is 1.71. The quantitative estimate of drug-likeness (QED) is 0.564. The molecule has 0 N–H and O–H groups in total. The number of hydrogen-bond donors (Lipinski definition) is 0. The van der Waals surface area contributed by atoms with Crippen molar-refractivity contribution in [2.24, 2.45) is 5.92 Å². The molecule has 80 valence electrons. The highest BCUT2D eigenvalue weighted by Crippen LogP contribution is 2.24. The summed E-state index contributed by atoms with van der Waals surface area (Å²) in [5.41, 5.74) is 0.646. The lowest BCUT2D eigenvalue weighted by molar-refractivity contribution is -0.484. The first kappa shape index (κ1) is 11.7. The summed E-state index contributed by atoms with van der Waals surface area (Å²) in [5, 5.41) is 28.1. The monoisotopic (exact) mass is 215 g/mol. The molecule has 0 heterocycles. The lowest BCUT2D eigenvalue weighted by Crippen LogP contribution is -2.19. The zero-order valence-corrected chi connectivity index (χ0v) is 8.41. The van der Waals surface area contributed by atoms with E-state index in [9.17, 15) is 10.1 Å². The Kier molecular flexibility index (Phi) is 3.99. The van der Waals surface area contributed by atoms with Crippen LogP contribution >= 0.6 is 0 Å². The molecule has 5 nitrogen and oxygen atoms in total. The predicted molar refractivity (Wildman–Crippen MR) is 55.8 cm³/mol. The molecular formula is C11H9N3O2. The van der Waals surface area contributed by atoms with E-state index in [1.165, 1.54) is 0 Å². The standard InChI is InChI=1S/C11H9N3O2/c12-6-10(7-13)11(8-14(15)16)9-4-2-1-3-5-9/h1-5,10-11H,8H2. The van der Waals surface area contributed by atoms with Crippen LogP contribution in [0.1, 0.15) is 11.5 Å². The Labute approximate surface area is 92.7 Å². The summed E-state index contributed by atoms with van der Waals surface area (Å²) in [4.78, 5) is 10.0.